The molecule has 19 heavy (non-hydrogen) atoms. The number of para-hydroxylation sites is 1. The molecular weight excluding hydrogens is 260 g/mol. The zero-order chi connectivity index (χ0) is 14.1. The minimum absolute atomic E-state index is 0.0783. The van der Waals surface area contributed by atoms with Crippen LogP contribution >= 0.6 is 11.6 Å². The lowest BCUT2D eigenvalue weighted by Gasteiger charge is -2.12. The summed E-state index contributed by atoms with van der Waals surface area (Å²) in [5, 5.41) is 18.9. The maximum absolute atomic E-state index is 9.73. The fourth-order valence-corrected chi connectivity index (χ4v) is 2.57. The molecule has 0 aliphatic heterocycles. The number of hydrogen-bond acceptors (Lipinski definition) is 2. The number of phenolic OH excluding ortho intramolecular Hbond substituents is 2. The Morgan fingerprint density at radius 2 is 1.63 bits per heavy atom. The van der Waals surface area contributed by atoms with E-state index in [9.17, 15) is 10.2 Å². The van der Waals surface area contributed by atoms with Crippen LogP contribution in [0.4, 0.5) is 0 Å². The van der Waals surface area contributed by atoms with E-state index < -0.39 is 0 Å². The van der Waals surface area contributed by atoms with Crippen molar-refractivity contribution in [3.8, 4) is 11.5 Å². The number of phenols is 2. The summed E-state index contributed by atoms with van der Waals surface area (Å²) in [6.07, 6.45) is 9.59. The lowest BCUT2D eigenvalue weighted by Crippen LogP contribution is -1.92. The van der Waals surface area contributed by atoms with Crippen molar-refractivity contribution in [3.05, 3.63) is 23.8 Å². The Bertz CT molecular complexity index is 366. The molecule has 0 amide bonds. The molecule has 1 unspecified atom stereocenters. The minimum Gasteiger partial charge on any atom is -0.504 e. The molecular formula is C16H25ClO2. The van der Waals surface area contributed by atoms with Gasteiger partial charge in [-0.15, -0.1) is 11.6 Å². The van der Waals surface area contributed by atoms with Gasteiger partial charge in [0.25, 0.3) is 0 Å². The van der Waals surface area contributed by atoms with Crippen LogP contribution in [0.5, 0.6) is 11.5 Å². The fraction of sp³-hybridized carbons (Fsp3) is 0.625. The molecule has 1 aromatic carbocycles. The second-order valence-corrected chi connectivity index (χ2v) is 5.62. The molecule has 1 atom stereocenters. The average Bonchev–Trinajstić information content (AvgIpc) is 2.40. The number of rotatable bonds is 9. The second-order valence-electron chi connectivity index (χ2n) is 5.09. The van der Waals surface area contributed by atoms with Crippen LogP contribution in [0.3, 0.4) is 0 Å². The maximum atomic E-state index is 9.73. The maximum Gasteiger partial charge on any atom is 0.162 e. The van der Waals surface area contributed by atoms with Crippen molar-refractivity contribution >= 4 is 11.6 Å². The summed E-state index contributed by atoms with van der Waals surface area (Å²) in [7, 11) is 0. The van der Waals surface area contributed by atoms with E-state index in [0.717, 1.165) is 12.8 Å². The first-order valence-electron chi connectivity index (χ1n) is 7.31. The first-order valence-corrected chi connectivity index (χ1v) is 7.75. The topological polar surface area (TPSA) is 40.5 Å². The quantitative estimate of drug-likeness (QED) is 0.356. The summed E-state index contributed by atoms with van der Waals surface area (Å²) in [5.74, 6) is -0.173. The summed E-state index contributed by atoms with van der Waals surface area (Å²) in [6.45, 7) is 2.22. The first-order chi connectivity index (χ1) is 9.16. The van der Waals surface area contributed by atoms with Crippen molar-refractivity contribution in [2.75, 3.05) is 0 Å². The highest BCUT2D eigenvalue weighted by atomic mass is 35.5. The predicted molar refractivity (Wildman–Crippen MR) is 81.0 cm³/mol. The standard InChI is InChI=1S/C16H25ClO2/c1-2-3-4-5-6-7-8-11-14(17)13-10-9-12-15(18)16(13)19/h9-10,12,14,18-19H,2-8,11H2,1H3. The van der Waals surface area contributed by atoms with Gasteiger partial charge in [-0.25, -0.2) is 0 Å². The molecule has 0 heterocycles. The molecule has 2 nitrogen and oxygen atoms in total. The van der Waals surface area contributed by atoms with Crippen molar-refractivity contribution < 1.29 is 10.2 Å². The van der Waals surface area contributed by atoms with Crippen LogP contribution in [-0.4, -0.2) is 10.2 Å². The Kier molecular flexibility index (Phi) is 7.73. The molecule has 2 N–H and O–H groups in total. The van der Waals surface area contributed by atoms with Gasteiger partial charge in [0.2, 0.25) is 0 Å². The van der Waals surface area contributed by atoms with E-state index in [1.807, 2.05) is 0 Å². The molecule has 0 bridgehead atoms. The van der Waals surface area contributed by atoms with E-state index in [-0.39, 0.29) is 16.9 Å². The van der Waals surface area contributed by atoms with Crippen LogP contribution in [0.1, 0.15) is 69.2 Å². The van der Waals surface area contributed by atoms with Gasteiger partial charge >= 0.3 is 0 Å². The van der Waals surface area contributed by atoms with Gasteiger partial charge in [-0.3, -0.25) is 0 Å². The van der Waals surface area contributed by atoms with E-state index in [1.54, 1.807) is 12.1 Å². The highest BCUT2D eigenvalue weighted by molar-refractivity contribution is 6.21. The van der Waals surface area contributed by atoms with Crippen molar-refractivity contribution in [2.45, 2.75) is 63.7 Å². The minimum atomic E-state index is -0.220. The van der Waals surface area contributed by atoms with Gasteiger partial charge in [-0.05, 0) is 12.5 Å². The lowest BCUT2D eigenvalue weighted by atomic mass is 10.0. The van der Waals surface area contributed by atoms with Crippen LogP contribution in [0.15, 0.2) is 18.2 Å². The first kappa shape index (κ1) is 16.2. The van der Waals surface area contributed by atoms with Gasteiger partial charge < -0.3 is 10.2 Å². The summed E-state index contributed by atoms with van der Waals surface area (Å²) >= 11 is 6.27. The van der Waals surface area contributed by atoms with E-state index in [2.05, 4.69) is 6.92 Å². The van der Waals surface area contributed by atoms with Crippen LogP contribution in [0.25, 0.3) is 0 Å². The van der Waals surface area contributed by atoms with Crippen molar-refractivity contribution in [1.82, 2.24) is 0 Å². The van der Waals surface area contributed by atoms with E-state index in [0.29, 0.717) is 5.56 Å². The Balaban J connectivity index is 2.24. The molecule has 0 spiro atoms. The number of benzene rings is 1. The van der Waals surface area contributed by atoms with Crippen molar-refractivity contribution in [1.29, 1.82) is 0 Å². The van der Waals surface area contributed by atoms with Gasteiger partial charge in [-0.2, -0.15) is 0 Å². The van der Waals surface area contributed by atoms with Crippen molar-refractivity contribution in [2.24, 2.45) is 0 Å². The molecule has 3 heteroatoms. The number of halogens is 1. The molecule has 0 aromatic heterocycles. The van der Waals surface area contributed by atoms with Crippen LogP contribution in [0.2, 0.25) is 0 Å². The molecule has 0 saturated heterocycles. The Morgan fingerprint density at radius 3 is 2.32 bits per heavy atom. The van der Waals surface area contributed by atoms with E-state index in [1.165, 1.54) is 44.6 Å². The number of aromatic hydroxyl groups is 2. The summed E-state index contributed by atoms with van der Waals surface area (Å²) in [5.41, 5.74) is 0.632. The van der Waals surface area contributed by atoms with Gasteiger partial charge in [0, 0.05) is 5.56 Å². The third kappa shape index (κ3) is 5.73. The third-order valence-corrected chi connectivity index (χ3v) is 3.90. The van der Waals surface area contributed by atoms with Gasteiger partial charge in [0.1, 0.15) is 0 Å². The van der Waals surface area contributed by atoms with E-state index >= 15 is 0 Å². The van der Waals surface area contributed by atoms with Crippen LogP contribution in [0, 0.1) is 0 Å². The second kappa shape index (κ2) is 9.08. The summed E-state index contributed by atoms with van der Waals surface area (Å²) in [6, 6.07) is 4.95. The molecule has 0 aliphatic rings. The number of unbranched alkanes of at least 4 members (excludes halogenated alkanes) is 6. The lowest BCUT2D eigenvalue weighted by molar-refractivity contribution is 0.398. The largest absolute Gasteiger partial charge is 0.504 e. The molecule has 0 saturated carbocycles. The monoisotopic (exact) mass is 284 g/mol. The Labute approximate surface area is 121 Å². The predicted octanol–water partition coefficient (Wildman–Crippen LogP) is 5.52. The Hall–Kier alpha value is -0.890. The zero-order valence-electron chi connectivity index (χ0n) is 11.7. The van der Waals surface area contributed by atoms with Gasteiger partial charge in [0.05, 0.1) is 5.38 Å². The zero-order valence-corrected chi connectivity index (χ0v) is 12.5. The average molecular weight is 285 g/mol. The SMILES string of the molecule is CCCCCCCCCC(Cl)c1cccc(O)c1O. The van der Waals surface area contributed by atoms with E-state index in [4.69, 9.17) is 11.6 Å². The molecule has 0 radical (unpaired) electrons. The molecule has 108 valence electrons. The van der Waals surface area contributed by atoms with Crippen LogP contribution in [-0.2, 0) is 0 Å². The molecule has 0 fully saturated rings. The smallest absolute Gasteiger partial charge is 0.162 e. The number of hydrogen-bond donors (Lipinski definition) is 2. The summed E-state index contributed by atoms with van der Waals surface area (Å²) in [4.78, 5) is 0. The fourth-order valence-electron chi connectivity index (χ4n) is 2.24. The third-order valence-electron chi connectivity index (χ3n) is 3.44. The molecule has 1 rings (SSSR count). The van der Waals surface area contributed by atoms with Crippen LogP contribution < -0.4 is 0 Å². The normalized spacial score (nSPS) is 12.5. The van der Waals surface area contributed by atoms with Gasteiger partial charge in [-0.1, -0.05) is 64.0 Å². The highest BCUT2D eigenvalue weighted by Gasteiger charge is 2.14. The van der Waals surface area contributed by atoms with Crippen molar-refractivity contribution in [3.63, 3.8) is 0 Å². The Morgan fingerprint density at radius 1 is 1.00 bits per heavy atom. The highest BCUT2D eigenvalue weighted by Crippen LogP contribution is 2.37. The molecule has 1 aromatic rings. The summed E-state index contributed by atoms with van der Waals surface area (Å²) < 4.78 is 0. The number of alkyl halides is 1. The van der Waals surface area contributed by atoms with Gasteiger partial charge in [0.15, 0.2) is 11.5 Å². The molecule has 0 aliphatic carbocycles.